The van der Waals surface area contributed by atoms with E-state index in [2.05, 4.69) is 0 Å². The molecule has 0 spiro atoms. The van der Waals surface area contributed by atoms with Crippen LogP contribution < -0.4 is 0 Å². The van der Waals surface area contributed by atoms with Gasteiger partial charge < -0.3 is 0 Å². The molecule has 0 unspecified atom stereocenters. The first kappa shape index (κ1) is 18.8. The molecule has 0 saturated heterocycles. The third-order valence-corrected chi connectivity index (χ3v) is 4.72. The number of allylic oxidation sites excluding steroid dienone is 1. The number of rotatable bonds is 5. The summed E-state index contributed by atoms with van der Waals surface area (Å²) in [4.78, 5) is 12.7. The normalized spacial score (nSPS) is 11.5. The van der Waals surface area contributed by atoms with Gasteiger partial charge in [0.2, 0.25) is 0 Å². The zero-order chi connectivity index (χ0) is 19.4. The average molecular weight is 358 g/mol. The lowest BCUT2D eigenvalue weighted by atomic mass is 9.91. The first-order valence-electron chi connectivity index (χ1n) is 9.17. The lowest BCUT2D eigenvalue weighted by molar-refractivity contribution is -0.113. The van der Waals surface area contributed by atoms with E-state index in [1.165, 1.54) is 11.6 Å². The number of benzene rings is 3. The molecule has 0 saturated carbocycles. The maximum Gasteiger partial charge on any atom is 0.163 e. The maximum absolute atomic E-state index is 14.2. The Kier molecular flexibility index (Phi) is 5.66. The van der Waals surface area contributed by atoms with Gasteiger partial charge in [-0.3, -0.25) is 4.79 Å². The zero-order valence-corrected chi connectivity index (χ0v) is 15.9. The van der Waals surface area contributed by atoms with Crippen molar-refractivity contribution in [3.8, 4) is 11.1 Å². The molecule has 0 radical (unpaired) electrons. The highest BCUT2D eigenvalue weighted by Gasteiger charge is 2.15. The van der Waals surface area contributed by atoms with E-state index in [0.29, 0.717) is 17.6 Å². The SMILES string of the molecule is CCC(=O)/C(=C\c1ccc(C)cc1)c1cc(-c2ccccc2F)ccc1C. The van der Waals surface area contributed by atoms with Crippen molar-refractivity contribution in [3.05, 3.63) is 94.8 Å². The molecule has 0 aromatic heterocycles. The third-order valence-electron chi connectivity index (χ3n) is 4.72. The topological polar surface area (TPSA) is 17.1 Å². The summed E-state index contributed by atoms with van der Waals surface area (Å²) in [5.41, 5.74) is 5.97. The van der Waals surface area contributed by atoms with Crippen LogP contribution >= 0.6 is 0 Å². The number of aryl methyl sites for hydroxylation is 2. The molecule has 0 fully saturated rings. The van der Waals surface area contributed by atoms with E-state index in [0.717, 1.165) is 22.3 Å². The lowest BCUT2D eigenvalue weighted by Gasteiger charge is -2.13. The average Bonchev–Trinajstić information content (AvgIpc) is 2.68. The lowest BCUT2D eigenvalue weighted by Crippen LogP contribution is -2.02. The van der Waals surface area contributed by atoms with Crippen molar-refractivity contribution in [1.29, 1.82) is 0 Å². The summed E-state index contributed by atoms with van der Waals surface area (Å²) in [6, 6.07) is 20.6. The minimum Gasteiger partial charge on any atom is -0.294 e. The standard InChI is InChI=1S/C25H23FO/c1-4-25(27)23(15-19-12-9-17(2)10-13-19)22-16-20(14-11-18(22)3)21-7-5-6-8-24(21)26/h5-16H,4H2,1-3H3/b23-15-. The van der Waals surface area contributed by atoms with Gasteiger partial charge >= 0.3 is 0 Å². The quantitative estimate of drug-likeness (QED) is 0.369. The summed E-state index contributed by atoms with van der Waals surface area (Å²) in [7, 11) is 0. The van der Waals surface area contributed by atoms with Crippen molar-refractivity contribution in [1.82, 2.24) is 0 Å². The highest BCUT2D eigenvalue weighted by molar-refractivity contribution is 6.25. The van der Waals surface area contributed by atoms with Gasteiger partial charge in [-0.2, -0.15) is 0 Å². The van der Waals surface area contributed by atoms with Gasteiger partial charge in [0.1, 0.15) is 5.82 Å². The summed E-state index contributed by atoms with van der Waals surface area (Å²) in [5, 5.41) is 0. The second kappa shape index (κ2) is 8.13. The van der Waals surface area contributed by atoms with Gasteiger partial charge in [0, 0.05) is 17.6 Å². The number of hydrogen-bond donors (Lipinski definition) is 0. The second-order valence-corrected chi connectivity index (χ2v) is 6.75. The maximum atomic E-state index is 14.2. The van der Waals surface area contributed by atoms with Crippen LogP contribution in [-0.4, -0.2) is 5.78 Å². The van der Waals surface area contributed by atoms with Crippen molar-refractivity contribution in [2.75, 3.05) is 0 Å². The minimum atomic E-state index is -0.266. The number of Topliss-reactive ketones (excluding diaryl/α,β-unsaturated/α-hetero) is 1. The van der Waals surface area contributed by atoms with Crippen LogP contribution in [0, 0.1) is 19.7 Å². The predicted octanol–water partition coefficient (Wildman–Crippen LogP) is 6.63. The van der Waals surface area contributed by atoms with Crippen LogP contribution in [0.5, 0.6) is 0 Å². The number of hydrogen-bond acceptors (Lipinski definition) is 1. The van der Waals surface area contributed by atoms with Crippen LogP contribution in [0.15, 0.2) is 66.7 Å². The van der Waals surface area contributed by atoms with Crippen molar-refractivity contribution in [3.63, 3.8) is 0 Å². The number of carbonyl (C=O) groups excluding carboxylic acids is 1. The Morgan fingerprint density at radius 3 is 2.33 bits per heavy atom. The Morgan fingerprint density at radius 1 is 0.963 bits per heavy atom. The summed E-state index contributed by atoms with van der Waals surface area (Å²) in [5.74, 6) is -0.192. The van der Waals surface area contributed by atoms with Crippen molar-refractivity contribution >= 4 is 17.4 Å². The van der Waals surface area contributed by atoms with Crippen molar-refractivity contribution in [2.45, 2.75) is 27.2 Å². The molecule has 0 amide bonds. The van der Waals surface area contributed by atoms with Crippen LogP contribution in [0.3, 0.4) is 0 Å². The fourth-order valence-corrected chi connectivity index (χ4v) is 3.10. The smallest absolute Gasteiger partial charge is 0.163 e. The van der Waals surface area contributed by atoms with Gasteiger partial charge in [-0.25, -0.2) is 4.39 Å². The monoisotopic (exact) mass is 358 g/mol. The van der Waals surface area contributed by atoms with E-state index in [-0.39, 0.29) is 11.6 Å². The molecule has 3 aromatic rings. The van der Waals surface area contributed by atoms with Crippen LogP contribution in [0.1, 0.15) is 35.6 Å². The second-order valence-electron chi connectivity index (χ2n) is 6.75. The highest BCUT2D eigenvalue weighted by Crippen LogP contribution is 2.30. The summed E-state index contributed by atoms with van der Waals surface area (Å²) >= 11 is 0. The summed E-state index contributed by atoms with van der Waals surface area (Å²) in [6.45, 7) is 5.88. The third kappa shape index (κ3) is 4.22. The van der Waals surface area contributed by atoms with Crippen LogP contribution in [0.4, 0.5) is 4.39 Å². The Hall–Kier alpha value is -3.00. The highest BCUT2D eigenvalue weighted by atomic mass is 19.1. The fourth-order valence-electron chi connectivity index (χ4n) is 3.10. The predicted molar refractivity (Wildman–Crippen MR) is 111 cm³/mol. The fraction of sp³-hybridized carbons (Fsp3) is 0.160. The molecule has 0 heterocycles. The molecule has 136 valence electrons. The van der Waals surface area contributed by atoms with Gasteiger partial charge in [-0.1, -0.05) is 67.1 Å². The van der Waals surface area contributed by atoms with E-state index < -0.39 is 0 Å². The van der Waals surface area contributed by atoms with E-state index in [9.17, 15) is 9.18 Å². The van der Waals surface area contributed by atoms with Crippen LogP contribution in [-0.2, 0) is 4.79 Å². The molecule has 0 aliphatic rings. The Balaban J connectivity index is 2.15. The molecular formula is C25H23FO. The number of carbonyl (C=O) groups is 1. The molecule has 0 aliphatic heterocycles. The molecule has 27 heavy (non-hydrogen) atoms. The summed E-state index contributed by atoms with van der Waals surface area (Å²) < 4.78 is 14.2. The summed E-state index contributed by atoms with van der Waals surface area (Å²) in [6.07, 6.45) is 2.35. The molecular weight excluding hydrogens is 335 g/mol. The van der Waals surface area contributed by atoms with Crippen molar-refractivity contribution in [2.24, 2.45) is 0 Å². The molecule has 2 heteroatoms. The van der Waals surface area contributed by atoms with Gasteiger partial charge in [-0.05, 0) is 54.3 Å². The molecule has 1 nitrogen and oxygen atoms in total. The Bertz CT molecular complexity index is 997. The molecule has 0 bridgehead atoms. The number of ketones is 1. The number of halogens is 1. The van der Waals surface area contributed by atoms with E-state index >= 15 is 0 Å². The molecule has 0 aliphatic carbocycles. The van der Waals surface area contributed by atoms with E-state index in [4.69, 9.17) is 0 Å². The van der Waals surface area contributed by atoms with Gasteiger partial charge in [-0.15, -0.1) is 0 Å². The zero-order valence-electron chi connectivity index (χ0n) is 15.9. The Morgan fingerprint density at radius 2 is 1.67 bits per heavy atom. The first-order chi connectivity index (χ1) is 13.0. The van der Waals surface area contributed by atoms with Gasteiger partial charge in [0.05, 0.1) is 0 Å². The molecule has 0 N–H and O–H groups in total. The van der Waals surface area contributed by atoms with E-state index in [1.807, 2.05) is 75.4 Å². The first-order valence-corrected chi connectivity index (χ1v) is 9.17. The molecule has 3 rings (SSSR count). The minimum absolute atomic E-state index is 0.0735. The largest absolute Gasteiger partial charge is 0.294 e. The van der Waals surface area contributed by atoms with Gasteiger partial charge in [0.25, 0.3) is 0 Å². The van der Waals surface area contributed by atoms with E-state index in [1.54, 1.807) is 12.1 Å². The van der Waals surface area contributed by atoms with Gasteiger partial charge in [0.15, 0.2) is 5.78 Å². The van der Waals surface area contributed by atoms with Crippen LogP contribution in [0.25, 0.3) is 22.8 Å². The Labute approximate surface area is 160 Å². The molecule has 0 atom stereocenters. The van der Waals surface area contributed by atoms with Crippen molar-refractivity contribution < 1.29 is 9.18 Å². The molecule has 3 aromatic carbocycles. The van der Waals surface area contributed by atoms with Crippen LogP contribution in [0.2, 0.25) is 0 Å².